The van der Waals surface area contributed by atoms with Gasteiger partial charge in [-0.25, -0.2) is 8.42 Å². The van der Waals surface area contributed by atoms with E-state index in [4.69, 9.17) is 0 Å². The average Bonchev–Trinajstić information content (AvgIpc) is 2.51. The monoisotopic (exact) mass is 351 g/mol. The minimum Gasteiger partial charge on any atom is -0.319 e. The molecule has 0 N–H and O–H groups in total. The minimum absolute atomic E-state index is 0.00801. The van der Waals surface area contributed by atoms with Gasteiger partial charge in [0.25, 0.3) is 5.56 Å². The fraction of sp³-hybridized carbons (Fsp3) is 0.353. The molecule has 2 aromatic rings. The van der Waals surface area contributed by atoms with E-state index in [0.29, 0.717) is 4.90 Å². The van der Waals surface area contributed by atoms with Gasteiger partial charge in [-0.2, -0.15) is 11.8 Å². The van der Waals surface area contributed by atoms with E-state index in [-0.39, 0.29) is 5.56 Å². The van der Waals surface area contributed by atoms with Crippen LogP contribution in [-0.2, 0) is 28.4 Å². The molecular weight excluding hydrogens is 330 g/mol. The highest BCUT2D eigenvalue weighted by Crippen LogP contribution is 2.20. The fourth-order valence-corrected chi connectivity index (χ4v) is 4.02. The molecule has 0 amide bonds. The normalized spacial score (nSPS) is 11.8. The van der Waals surface area contributed by atoms with Crippen LogP contribution in [-0.4, -0.2) is 18.2 Å². The zero-order valence-electron chi connectivity index (χ0n) is 13.5. The number of rotatable bonds is 6. The Labute approximate surface area is 141 Å². The van der Waals surface area contributed by atoms with Crippen LogP contribution in [0.4, 0.5) is 0 Å². The third-order valence-electron chi connectivity index (χ3n) is 3.58. The Kier molecular flexibility index (Phi) is 5.70. The first-order valence-electron chi connectivity index (χ1n) is 7.37. The van der Waals surface area contributed by atoms with E-state index >= 15 is 0 Å². The van der Waals surface area contributed by atoms with Crippen LogP contribution < -0.4 is 5.56 Å². The summed E-state index contributed by atoms with van der Waals surface area (Å²) in [6, 6.07) is 10.6. The molecule has 23 heavy (non-hydrogen) atoms. The quantitative estimate of drug-likeness (QED) is 0.803. The van der Waals surface area contributed by atoms with Crippen LogP contribution in [0, 0.1) is 0 Å². The molecule has 0 aliphatic carbocycles. The first kappa shape index (κ1) is 17.8. The Hall–Kier alpha value is -1.53. The number of nitrogens with zero attached hydrogens (tertiary/aromatic N) is 1. The van der Waals surface area contributed by atoms with Crippen LogP contribution in [0.5, 0.6) is 0 Å². The van der Waals surface area contributed by atoms with Crippen LogP contribution in [0.25, 0.3) is 0 Å². The molecule has 0 aliphatic rings. The van der Waals surface area contributed by atoms with E-state index in [1.165, 1.54) is 0 Å². The van der Waals surface area contributed by atoms with Gasteiger partial charge in [0.1, 0.15) is 0 Å². The van der Waals surface area contributed by atoms with Crippen molar-refractivity contribution >= 4 is 21.6 Å². The van der Waals surface area contributed by atoms with Gasteiger partial charge in [-0.15, -0.1) is 0 Å². The molecule has 4 nitrogen and oxygen atoms in total. The summed E-state index contributed by atoms with van der Waals surface area (Å²) in [5, 5.41) is -0.414. The smallest absolute Gasteiger partial charge is 0.250 e. The van der Waals surface area contributed by atoms with Crippen molar-refractivity contribution in [2.24, 2.45) is 7.05 Å². The topological polar surface area (TPSA) is 56.1 Å². The van der Waals surface area contributed by atoms with Crippen molar-refractivity contribution in [3.63, 3.8) is 0 Å². The van der Waals surface area contributed by atoms with Crippen molar-refractivity contribution in [1.82, 2.24) is 4.57 Å². The minimum atomic E-state index is -3.21. The number of sulfone groups is 1. The van der Waals surface area contributed by atoms with E-state index in [2.05, 4.69) is 0 Å². The van der Waals surface area contributed by atoms with E-state index < -0.39 is 15.1 Å². The van der Waals surface area contributed by atoms with Crippen LogP contribution in [0.2, 0.25) is 0 Å². The molecule has 0 fully saturated rings. The third kappa shape index (κ3) is 4.48. The van der Waals surface area contributed by atoms with E-state index in [1.807, 2.05) is 18.2 Å². The zero-order valence-corrected chi connectivity index (χ0v) is 15.2. The molecule has 1 aromatic heterocycles. The van der Waals surface area contributed by atoms with Crippen LogP contribution >= 0.6 is 11.8 Å². The second-order valence-electron chi connectivity index (χ2n) is 5.71. The molecule has 0 aliphatic heterocycles. The van der Waals surface area contributed by atoms with E-state index in [0.717, 1.165) is 22.6 Å². The van der Waals surface area contributed by atoms with Gasteiger partial charge in [0, 0.05) is 30.8 Å². The van der Waals surface area contributed by atoms with Crippen molar-refractivity contribution in [2.45, 2.75) is 35.5 Å². The Morgan fingerprint density at radius 3 is 2.22 bits per heavy atom. The molecule has 2 rings (SSSR count). The molecule has 0 spiro atoms. The molecule has 0 atom stereocenters. The number of thioether (sulfide) groups is 1. The summed E-state index contributed by atoms with van der Waals surface area (Å²) in [5.74, 6) is 1.53. The molecule has 0 radical (unpaired) electrons. The Balaban J connectivity index is 1.97. The largest absolute Gasteiger partial charge is 0.319 e. The zero-order chi connectivity index (χ0) is 17.0. The molecule has 0 saturated carbocycles. The summed E-state index contributed by atoms with van der Waals surface area (Å²) in [6.07, 6.45) is 1.77. The first-order valence-corrected chi connectivity index (χ1v) is 10.1. The summed E-state index contributed by atoms with van der Waals surface area (Å²) in [7, 11) is -1.48. The number of pyridine rings is 1. The lowest BCUT2D eigenvalue weighted by Crippen LogP contribution is -2.14. The molecule has 0 unspecified atom stereocenters. The second kappa shape index (κ2) is 7.36. The van der Waals surface area contributed by atoms with Gasteiger partial charge in [0.05, 0.1) is 10.1 Å². The maximum Gasteiger partial charge on any atom is 0.250 e. The van der Waals surface area contributed by atoms with Crippen molar-refractivity contribution < 1.29 is 8.42 Å². The van der Waals surface area contributed by atoms with Gasteiger partial charge in [0.15, 0.2) is 9.84 Å². The molecule has 1 heterocycles. The van der Waals surface area contributed by atoms with Crippen LogP contribution in [0.15, 0.2) is 52.3 Å². The highest BCUT2D eigenvalue weighted by Gasteiger charge is 2.18. The molecule has 124 valence electrons. The lowest BCUT2D eigenvalue weighted by Gasteiger charge is -2.08. The summed E-state index contributed by atoms with van der Waals surface area (Å²) >= 11 is 1.70. The third-order valence-corrected chi connectivity index (χ3v) is 6.82. The maximum atomic E-state index is 12.1. The van der Waals surface area contributed by atoms with Crippen molar-refractivity contribution in [3.8, 4) is 0 Å². The Morgan fingerprint density at radius 2 is 1.65 bits per heavy atom. The standard InChI is InChI=1S/C17H21NO3S2/c1-13(2)23(20,21)16-6-4-14(5-7-16)11-22-12-15-8-9-18(3)17(19)10-15/h4-10,13H,11-12H2,1-3H3. The van der Waals surface area contributed by atoms with Crippen LogP contribution in [0.3, 0.4) is 0 Å². The van der Waals surface area contributed by atoms with Gasteiger partial charge in [-0.1, -0.05) is 12.1 Å². The number of benzene rings is 1. The van der Waals surface area contributed by atoms with E-state index in [9.17, 15) is 13.2 Å². The average molecular weight is 351 g/mol. The number of hydrogen-bond donors (Lipinski definition) is 0. The van der Waals surface area contributed by atoms with Crippen molar-refractivity contribution in [3.05, 3.63) is 64.1 Å². The van der Waals surface area contributed by atoms with Crippen molar-refractivity contribution in [2.75, 3.05) is 0 Å². The number of aromatic nitrogens is 1. The summed E-state index contributed by atoms with van der Waals surface area (Å²) in [6.45, 7) is 3.37. The lowest BCUT2D eigenvalue weighted by molar-refractivity contribution is 0.587. The molecular formula is C17H21NO3S2. The Morgan fingerprint density at radius 1 is 1.04 bits per heavy atom. The molecule has 1 aromatic carbocycles. The van der Waals surface area contributed by atoms with Crippen LogP contribution in [0.1, 0.15) is 25.0 Å². The predicted molar refractivity (Wildman–Crippen MR) is 95.4 cm³/mol. The SMILES string of the molecule is CC(C)S(=O)(=O)c1ccc(CSCc2ccn(C)c(=O)c2)cc1. The molecule has 0 saturated heterocycles. The number of aryl methyl sites for hydroxylation is 1. The highest BCUT2D eigenvalue weighted by molar-refractivity contribution is 7.97. The summed E-state index contributed by atoms with van der Waals surface area (Å²) in [5.41, 5.74) is 2.06. The van der Waals surface area contributed by atoms with Gasteiger partial charge >= 0.3 is 0 Å². The second-order valence-corrected chi connectivity index (χ2v) is 9.20. The predicted octanol–water partition coefficient (Wildman–Crippen LogP) is 3.00. The lowest BCUT2D eigenvalue weighted by atomic mass is 10.2. The van der Waals surface area contributed by atoms with Gasteiger partial charge < -0.3 is 4.57 Å². The highest BCUT2D eigenvalue weighted by atomic mass is 32.2. The Bertz CT molecular complexity index is 822. The van der Waals surface area contributed by atoms with E-state index in [1.54, 1.807) is 61.6 Å². The molecule has 6 heteroatoms. The maximum absolute atomic E-state index is 12.1. The van der Waals surface area contributed by atoms with Crippen molar-refractivity contribution in [1.29, 1.82) is 0 Å². The van der Waals surface area contributed by atoms with Gasteiger partial charge in [-0.05, 0) is 43.2 Å². The number of hydrogen-bond acceptors (Lipinski definition) is 4. The molecule has 0 bridgehead atoms. The summed E-state index contributed by atoms with van der Waals surface area (Å²) < 4.78 is 25.7. The first-order chi connectivity index (χ1) is 10.8. The van der Waals surface area contributed by atoms with Gasteiger partial charge in [-0.3, -0.25) is 4.79 Å². The fourth-order valence-electron chi connectivity index (χ4n) is 2.01. The van der Waals surface area contributed by atoms with Gasteiger partial charge in [0.2, 0.25) is 0 Å². The summed E-state index contributed by atoms with van der Waals surface area (Å²) in [4.78, 5) is 11.9.